The minimum atomic E-state index is -3.38. The highest BCUT2D eigenvalue weighted by molar-refractivity contribution is 5.68. The molecule has 2 N–H and O–H groups in total. The Hall–Kier alpha value is -0.770. The van der Waals surface area contributed by atoms with Crippen LogP contribution in [0.1, 0.15) is 45.9 Å². The minimum Gasteiger partial charge on any atom is -0.444 e. The van der Waals surface area contributed by atoms with E-state index in [-0.39, 0.29) is 4.90 Å². The SMILES string of the molecule is [2H]C1([2H])N(C(=O)OC(C)(C)C)C([2H])([2H])C([2H])([2H])C([2H])(CN)C1([2H])[2H]. The minimum absolute atomic E-state index is 0.242. The van der Waals surface area contributed by atoms with Crippen LogP contribution in [0, 0.1) is 5.89 Å². The Morgan fingerprint density at radius 3 is 2.53 bits per heavy atom. The maximum atomic E-state index is 12.3. The summed E-state index contributed by atoms with van der Waals surface area (Å²) in [4.78, 5) is 12.1. The first-order valence-corrected chi connectivity index (χ1v) is 4.54. The van der Waals surface area contributed by atoms with E-state index in [4.69, 9.17) is 22.8 Å². The lowest BCUT2D eigenvalue weighted by molar-refractivity contribution is 0.0187. The summed E-state index contributed by atoms with van der Waals surface area (Å²) in [6.45, 7) is -3.43. The highest BCUT2D eigenvalue weighted by Crippen LogP contribution is 2.18. The highest BCUT2D eigenvalue weighted by Gasteiger charge is 2.25. The molecule has 0 aliphatic carbocycles. The maximum Gasteiger partial charge on any atom is 0.410 e. The number of ether oxygens (including phenoxy) is 1. The van der Waals surface area contributed by atoms with Gasteiger partial charge < -0.3 is 15.4 Å². The molecule has 88 valence electrons. The molecule has 1 aliphatic heterocycles. The Morgan fingerprint density at radius 2 is 2.13 bits per heavy atom. The third-order valence-corrected chi connectivity index (χ3v) is 1.42. The summed E-state index contributed by atoms with van der Waals surface area (Å²) < 4.78 is 76.5. The molecule has 4 nitrogen and oxygen atoms in total. The average Bonchev–Trinajstić information content (AvgIpc) is 2.32. The van der Waals surface area contributed by atoms with Crippen LogP contribution in [0.4, 0.5) is 4.79 Å². The number of carbonyl (C=O) groups is 1. The lowest BCUT2D eigenvalue weighted by Gasteiger charge is -2.32. The van der Waals surface area contributed by atoms with Crippen LogP contribution in [-0.4, -0.2) is 36.1 Å². The maximum absolute atomic E-state index is 12.3. The van der Waals surface area contributed by atoms with E-state index in [1.54, 1.807) is 0 Å². The number of hydrogen-bond donors (Lipinski definition) is 1. The van der Waals surface area contributed by atoms with E-state index in [2.05, 4.69) is 0 Å². The molecular weight excluding hydrogens is 192 g/mol. The van der Waals surface area contributed by atoms with Crippen LogP contribution < -0.4 is 5.73 Å². The molecule has 0 aromatic carbocycles. The lowest BCUT2D eigenvalue weighted by Crippen LogP contribution is -2.42. The fourth-order valence-corrected chi connectivity index (χ4v) is 0.807. The summed E-state index contributed by atoms with van der Waals surface area (Å²) in [5.41, 5.74) is 4.17. The molecule has 0 unspecified atom stereocenters. The number of likely N-dealkylation sites (tertiary alicyclic amines) is 1. The first-order valence-electron chi connectivity index (χ1n) is 9.04. The van der Waals surface area contributed by atoms with Gasteiger partial charge in [-0.2, -0.15) is 0 Å². The number of hydrogen-bond acceptors (Lipinski definition) is 3. The predicted octanol–water partition coefficient (Wildman–Crippen LogP) is 1.59. The first kappa shape index (κ1) is 4.62. The second-order valence-electron chi connectivity index (χ2n) is 3.97. The molecule has 4 heteroatoms. The molecule has 0 atom stereocenters. The van der Waals surface area contributed by atoms with Crippen LogP contribution in [0.5, 0.6) is 0 Å². The Labute approximate surface area is 104 Å². The van der Waals surface area contributed by atoms with Gasteiger partial charge >= 0.3 is 6.09 Å². The van der Waals surface area contributed by atoms with Crippen molar-refractivity contribution in [2.24, 2.45) is 11.6 Å². The largest absolute Gasteiger partial charge is 0.444 e. The van der Waals surface area contributed by atoms with E-state index in [0.717, 1.165) is 0 Å². The first-order chi connectivity index (χ1) is 10.3. The van der Waals surface area contributed by atoms with Crippen molar-refractivity contribution in [3.63, 3.8) is 0 Å². The van der Waals surface area contributed by atoms with Gasteiger partial charge in [0.05, 0.1) is 0 Å². The molecule has 1 fully saturated rings. The van der Waals surface area contributed by atoms with E-state index in [1.807, 2.05) is 0 Å². The van der Waals surface area contributed by atoms with Crippen LogP contribution in [-0.2, 0) is 4.74 Å². The molecule has 0 radical (unpaired) electrons. The molecule has 1 rings (SSSR count). The van der Waals surface area contributed by atoms with Gasteiger partial charge in [0, 0.05) is 25.3 Å². The van der Waals surface area contributed by atoms with Crippen molar-refractivity contribution in [3.05, 3.63) is 0 Å². The number of piperidine rings is 1. The van der Waals surface area contributed by atoms with Crippen molar-refractivity contribution >= 4 is 6.09 Å². The van der Waals surface area contributed by atoms with Crippen molar-refractivity contribution in [1.29, 1.82) is 0 Å². The molecule has 1 amide bonds. The Kier molecular flexibility index (Phi) is 1.49. The van der Waals surface area contributed by atoms with Gasteiger partial charge in [-0.3, -0.25) is 0 Å². The summed E-state index contributed by atoms with van der Waals surface area (Å²) in [6.07, 6.45) is -8.20. The zero-order chi connectivity index (χ0) is 19.6. The van der Waals surface area contributed by atoms with E-state index >= 15 is 0 Å². The molecule has 0 aromatic heterocycles. The van der Waals surface area contributed by atoms with E-state index < -0.39 is 49.9 Å². The van der Waals surface area contributed by atoms with Gasteiger partial charge in [-0.1, -0.05) is 0 Å². The number of carbonyl (C=O) groups excluding carboxylic acids is 1. The summed E-state index contributed by atoms with van der Waals surface area (Å²) in [5.74, 6) is -2.98. The summed E-state index contributed by atoms with van der Waals surface area (Å²) in [5, 5.41) is 0. The van der Waals surface area contributed by atoms with Crippen molar-refractivity contribution in [2.45, 2.75) is 39.1 Å². The molecule has 1 saturated heterocycles. The number of amides is 1. The van der Waals surface area contributed by atoms with Crippen LogP contribution >= 0.6 is 0 Å². The van der Waals surface area contributed by atoms with Crippen molar-refractivity contribution in [1.82, 2.24) is 4.90 Å². The normalized spacial score (nSPS) is 43.5. The smallest absolute Gasteiger partial charge is 0.410 e. The Bertz CT molecular complexity index is 502. The zero-order valence-corrected chi connectivity index (χ0v) is 9.05. The molecule has 0 spiro atoms. The number of nitrogens with zero attached hydrogens (tertiary/aromatic N) is 1. The quantitative estimate of drug-likeness (QED) is 0.734. The van der Waals surface area contributed by atoms with Crippen LogP contribution in [0.25, 0.3) is 0 Å². The number of rotatable bonds is 1. The van der Waals surface area contributed by atoms with Gasteiger partial charge in [-0.25, -0.2) is 4.79 Å². The molecule has 1 aliphatic rings. The van der Waals surface area contributed by atoms with Crippen molar-refractivity contribution in [3.8, 4) is 0 Å². The van der Waals surface area contributed by atoms with Gasteiger partial charge in [-0.05, 0) is 46.0 Å². The zero-order valence-electron chi connectivity index (χ0n) is 18.0. The van der Waals surface area contributed by atoms with Crippen molar-refractivity contribution in [2.75, 3.05) is 19.5 Å². The number of nitrogens with two attached hydrogens (primary N) is 1. The molecule has 15 heavy (non-hydrogen) atoms. The fourth-order valence-electron chi connectivity index (χ4n) is 0.807. The van der Waals surface area contributed by atoms with Crippen LogP contribution in [0.2, 0.25) is 0 Å². The lowest BCUT2D eigenvalue weighted by atomic mass is 9.97. The molecule has 0 bridgehead atoms. The van der Waals surface area contributed by atoms with Gasteiger partial charge in [0.2, 0.25) is 0 Å². The summed E-state index contributed by atoms with van der Waals surface area (Å²) in [7, 11) is 0. The summed E-state index contributed by atoms with van der Waals surface area (Å²) in [6, 6.07) is 0. The van der Waals surface area contributed by atoms with Crippen molar-refractivity contribution < 1.29 is 21.9 Å². The topological polar surface area (TPSA) is 55.6 Å². The van der Waals surface area contributed by atoms with Gasteiger partial charge in [0.25, 0.3) is 0 Å². The second-order valence-corrected chi connectivity index (χ2v) is 3.97. The van der Waals surface area contributed by atoms with Gasteiger partial charge in [0.15, 0.2) is 0 Å². The molecular formula is C11H22N2O2. The predicted molar refractivity (Wildman–Crippen MR) is 59.6 cm³/mol. The highest BCUT2D eigenvalue weighted by atomic mass is 16.6. The molecule has 1 heterocycles. The second kappa shape index (κ2) is 4.84. The average molecular weight is 223 g/mol. The van der Waals surface area contributed by atoms with E-state index in [1.165, 1.54) is 20.8 Å². The summed E-state index contributed by atoms with van der Waals surface area (Å²) >= 11 is 0. The third kappa shape index (κ3) is 4.08. The van der Waals surface area contributed by atoms with Gasteiger partial charge in [-0.15, -0.1) is 0 Å². The fraction of sp³-hybridized carbons (Fsp3) is 0.909. The monoisotopic (exact) mass is 223 g/mol. The van der Waals surface area contributed by atoms with Crippen LogP contribution in [0.3, 0.4) is 0 Å². The molecule has 0 saturated carbocycles. The third-order valence-electron chi connectivity index (χ3n) is 1.42. The van der Waals surface area contributed by atoms with Gasteiger partial charge in [0.1, 0.15) is 5.60 Å². The Morgan fingerprint density at radius 1 is 1.60 bits per heavy atom. The van der Waals surface area contributed by atoms with Crippen LogP contribution in [0.15, 0.2) is 0 Å². The van der Waals surface area contributed by atoms with E-state index in [0.29, 0.717) is 0 Å². The molecule has 0 aromatic rings. The Balaban J connectivity index is 3.65. The standard InChI is InChI=1S/C11H22N2O2/c1-11(2,3)15-10(14)13-6-4-9(8-12)5-7-13/h9H,4-8,12H2,1-3H3/i4D2,5D2,6D2,7D2,9D. The van der Waals surface area contributed by atoms with E-state index in [9.17, 15) is 4.79 Å².